The number of rotatable bonds is 8. The standard InChI is InChI=1S/C15H25N3O2/c1-11(2)14(12-5-4-6-17-9-12)10-18-15(19)7-13(8-16)20-3/h4-6,9,11,13-14H,7-8,10,16H2,1-3H3,(H,18,19). The number of carbonyl (C=O) groups is 1. The van der Waals surface area contributed by atoms with Crippen molar-refractivity contribution >= 4 is 5.91 Å². The maximum absolute atomic E-state index is 11.9. The molecule has 0 saturated carbocycles. The van der Waals surface area contributed by atoms with Crippen LogP contribution in [0, 0.1) is 5.92 Å². The second-order valence-corrected chi connectivity index (χ2v) is 5.24. The first-order valence-electron chi connectivity index (χ1n) is 6.98. The molecule has 1 heterocycles. The SMILES string of the molecule is COC(CN)CC(=O)NCC(c1cccnc1)C(C)C. The molecule has 1 rings (SSSR count). The molecule has 0 radical (unpaired) electrons. The highest BCUT2D eigenvalue weighted by atomic mass is 16.5. The summed E-state index contributed by atoms with van der Waals surface area (Å²) in [7, 11) is 1.57. The van der Waals surface area contributed by atoms with Gasteiger partial charge in [-0.05, 0) is 17.5 Å². The number of nitrogens with one attached hydrogen (secondary N) is 1. The summed E-state index contributed by atoms with van der Waals surface area (Å²) in [5.41, 5.74) is 6.66. The molecule has 20 heavy (non-hydrogen) atoms. The van der Waals surface area contributed by atoms with Gasteiger partial charge in [0, 0.05) is 38.5 Å². The zero-order chi connectivity index (χ0) is 15.0. The number of nitrogens with two attached hydrogens (primary N) is 1. The van der Waals surface area contributed by atoms with Crippen LogP contribution in [0.1, 0.15) is 31.7 Å². The Bertz CT molecular complexity index is 391. The number of pyridine rings is 1. The van der Waals surface area contributed by atoms with Crippen LogP contribution in [-0.4, -0.2) is 37.2 Å². The number of ether oxygens (including phenoxy) is 1. The summed E-state index contributed by atoms with van der Waals surface area (Å²) in [6.45, 7) is 5.23. The maximum atomic E-state index is 11.9. The number of aromatic nitrogens is 1. The average molecular weight is 279 g/mol. The Labute approximate surface area is 120 Å². The van der Waals surface area contributed by atoms with Gasteiger partial charge in [0.1, 0.15) is 0 Å². The highest BCUT2D eigenvalue weighted by molar-refractivity contribution is 5.76. The van der Waals surface area contributed by atoms with Gasteiger partial charge in [-0.15, -0.1) is 0 Å². The van der Waals surface area contributed by atoms with Crippen LogP contribution in [-0.2, 0) is 9.53 Å². The molecule has 0 aliphatic rings. The van der Waals surface area contributed by atoms with E-state index in [1.165, 1.54) is 0 Å². The van der Waals surface area contributed by atoms with Crippen LogP contribution in [0.15, 0.2) is 24.5 Å². The van der Waals surface area contributed by atoms with Gasteiger partial charge in [-0.25, -0.2) is 0 Å². The van der Waals surface area contributed by atoms with E-state index in [0.717, 1.165) is 5.56 Å². The molecular weight excluding hydrogens is 254 g/mol. The third-order valence-electron chi connectivity index (χ3n) is 3.45. The molecule has 0 aromatic carbocycles. The Morgan fingerprint density at radius 2 is 2.25 bits per heavy atom. The van der Waals surface area contributed by atoms with Crippen molar-refractivity contribution in [3.05, 3.63) is 30.1 Å². The van der Waals surface area contributed by atoms with E-state index in [9.17, 15) is 4.79 Å². The summed E-state index contributed by atoms with van der Waals surface area (Å²) in [4.78, 5) is 16.0. The first-order valence-corrected chi connectivity index (χ1v) is 6.98. The minimum atomic E-state index is -0.217. The van der Waals surface area contributed by atoms with Crippen molar-refractivity contribution < 1.29 is 9.53 Å². The minimum Gasteiger partial charge on any atom is -0.380 e. The van der Waals surface area contributed by atoms with E-state index in [1.54, 1.807) is 13.3 Å². The lowest BCUT2D eigenvalue weighted by Crippen LogP contribution is -2.35. The van der Waals surface area contributed by atoms with Crippen LogP contribution >= 0.6 is 0 Å². The molecule has 0 aliphatic heterocycles. The maximum Gasteiger partial charge on any atom is 0.222 e. The van der Waals surface area contributed by atoms with E-state index in [0.29, 0.717) is 25.4 Å². The second kappa shape index (κ2) is 8.66. The van der Waals surface area contributed by atoms with Crippen molar-refractivity contribution in [2.45, 2.75) is 32.3 Å². The monoisotopic (exact) mass is 279 g/mol. The van der Waals surface area contributed by atoms with E-state index in [2.05, 4.69) is 24.1 Å². The summed E-state index contributed by atoms with van der Waals surface area (Å²) < 4.78 is 5.11. The van der Waals surface area contributed by atoms with Crippen LogP contribution in [0.3, 0.4) is 0 Å². The van der Waals surface area contributed by atoms with E-state index >= 15 is 0 Å². The van der Waals surface area contributed by atoms with Crippen molar-refractivity contribution in [1.82, 2.24) is 10.3 Å². The van der Waals surface area contributed by atoms with Gasteiger partial charge in [-0.3, -0.25) is 9.78 Å². The highest BCUT2D eigenvalue weighted by Gasteiger charge is 2.18. The van der Waals surface area contributed by atoms with Gasteiger partial charge >= 0.3 is 0 Å². The molecule has 112 valence electrons. The second-order valence-electron chi connectivity index (χ2n) is 5.24. The predicted octanol–water partition coefficient (Wildman–Crippen LogP) is 1.30. The largest absolute Gasteiger partial charge is 0.380 e. The lowest BCUT2D eigenvalue weighted by molar-refractivity contribution is -0.123. The summed E-state index contributed by atoms with van der Waals surface area (Å²) in [5, 5.41) is 2.96. The average Bonchev–Trinajstić information content (AvgIpc) is 2.45. The molecule has 5 heteroatoms. The third kappa shape index (κ3) is 5.27. The predicted molar refractivity (Wildman–Crippen MR) is 79.3 cm³/mol. The van der Waals surface area contributed by atoms with Crippen molar-refractivity contribution in [2.24, 2.45) is 11.7 Å². The zero-order valence-corrected chi connectivity index (χ0v) is 12.5. The smallest absolute Gasteiger partial charge is 0.222 e. The van der Waals surface area contributed by atoms with Crippen LogP contribution in [0.25, 0.3) is 0 Å². The lowest BCUT2D eigenvalue weighted by Gasteiger charge is -2.22. The Kier molecular flexibility index (Phi) is 7.18. The van der Waals surface area contributed by atoms with E-state index in [-0.39, 0.29) is 17.9 Å². The van der Waals surface area contributed by atoms with Crippen LogP contribution in [0.2, 0.25) is 0 Å². The molecule has 5 nitrogen and oxygen atoms in total. The summed E-state index contributed by atoms with van der Waals surface area (Å²) in [6, 6.07) is 3.96. The van der Waals surface area contributed by atoms with Gasteiger partial charge in [0.2, 0.25) is 5.91 Å². The minimum absolute atomic E-state index is 0.0307. The highest BCUT2D eigenvalue weighted by Crippen LogP contribution is 2.22. The van der Waals surface area contributed by atoms with Gasteiger partial charge in [0.05, 0.1) is 12.5 Å². The zero-order valence-electron chi connectivity index (χ0n) is 12.5. The molecule has 0 saturated heterocycles. The molecule has 2 atom stereocenters. The van der Waals surface area contributed by atoms with Crippen molar-refractivity contribution in [3.63, 3.8) is 0 Å². The number of hydrogen-bond donors (Lipinski definition) is 2. The molecule has 2 unspecified atom stereocenters. The molecule has 0 bridgehead atoms. The van der Waals surface area contributed by atoms with Gasteiger partial charge in [-0.1, -0.05) is 19.9 Å². The van der Waals surface area contributed by atoms with Gasteiger partial charge in [-0.2, -0.15) is 0 Å². The Hall–Kier alpha value is -1.46. The Balaban J connectivity index is 2.54. The quantitative estimate of drug-likeness (QED) is 0.752. The number of hydrogen-bond acceptors (Lipinski definition) is 4. The molecule has 1 amide bonds. The number of amides is 1. The molecule has 0 aliphatic carbocycles. The first kappa shape index (κ1) is 16.6. The molecule has 0 spiro atoms. The molecule has 1 aromatic heterocycles. The Morgan fingerprint density at radius 3 is 2.75 bits per heavy atom. The van der Waals surface area contributed by atoms with E-state index in [1.807, 2.05) is 18.3 Å². The fourth-order valence-electron chi connectivity index (χ4n) is 2.10. The van der Waals surface area contributed by atoms with Crippen LogP contribution in [0.5, 0.6) is 0 Å². The van der Waals surface area contributed by atoms with E-state index < -0.39 is 0 Å². The normalized spacial score (nSPS) is 14.1. The van der Waals surface area contributed by atoms with Crippen LogP contribution in [0.4, 0.5) is 0 Å². The summed E-state index contributed by atoms with van der Waals surface area (Å²) >= 11 is 0. The molecule has 3 N–H and O–H groups in total. The summed E-state index contributed by atoms with van der Waals surface area (Å²) in [5.74, 6) is 0.649. The van der Waals surface area contributed by atoms with Crippen LogP contribution < -0.4 is 11.1 Å². The van der Waals surface area contributed by atoms with Gasteiger partial charge in [0.15, 0.2) is 0 Å². The fourth-order valence-corrected chi connectivity index (χ4v) is 2.10. The van der Waals surface area contributed by atoms with Gasteiger partial charge < -0.3 is 15.8 Å². The van der Waals surface area contributed by atoms with Gasteiger partial charge in [0.25, 0.3) is 0 Å². The number of methoxy groups -OCH3 is 1. The molecule has 1 aromatic rings. The van der Waals surface area contributed by atoms with Crippen molar-refractivity contribution in [2.75, 3.05) is 20.2 Å². The first-order chi connectivity index (χ1) is 9.58. The number of nitrogens with zero attached hydrogens (tertiary/aromatic N) is 1. The summed E-state index contributed by atoms with van der Waals surface area (Å²) in [6.07, 6.45) is 3.69. The van der Waals surface area contributed by atoms with Crippen molar-refractivity contribution in [3.8, 4) is 0 Å². The molecular formula is C15H25N3O2. The Morgan fingerprint density at radius 1 is 1.50 bits per heavy atom. The molecule has 0 fully saturated rings. The van der Waals surface area contributed by atoms with E-state index in [4.69, 9.17) is 10.5 Å². The number of carbonyl (C=O) groups excluding carboxylic acids is 1. The third-order valence-corrected chi connectivity index (χ3v) is 3.45. The van der Waals surface area contributed by atoms with Crippen molar-refractivity contribution in [1.29, 1.82) is 0 Å². The topological polar surface area (TPSA) is 77.2 Å². The lowest BCUT2D eigenvalue weighted by atomic mass is 9.89. The fraction of sp³-hybridized carbons (Fsp3) is 0.600.